The molecular weight excluding hydrogens is 317 g/mol. The molecule has 2 aromatic rings. The van der Waals surface area contributed by atoms with Crippen molar-refractivity contribution in [1.29, 1.82) is 0 Å². The maximum atomic E-state index is 13.6. The van der Waals surface area contributed by atoms with Gasteiger partial charge in [0.25, 0.3) is 5.91 Å². The Morgan fingerprint density at radius 3 is 2.87 bits per heavy atom. The van der Waals surface area contributed by atoms with E-state index < -0.39 is 5.54 Å². The van der Waals surface area contributed by atoms with Gasteiger partial charge in [0.2, 0.25) is 0 Å². The van der Waals surface area contributed by atoms with Crippen LogP contribution in [0.4, 0.5) is 4.39 Å². The number of thiazole rings is 1. The zero-order chi connectivity index (χ0) is 16.3. The summed E-state index contributed by atoms with van der Waals surface area (Å²) in [6.45, 7) is 1.34. The van der Waals surface area contributed by atoms with Crippen molar-refractivity contribution in [2.75, 3.05) is 13.2 Å². The van der Waals surface area contributed by atoms with Crippen molar-refractivity contribution in [3.05, 3.63) is 51.7 Å². The Balaban J connectivity index is 1.88. The van der Waals surface area contributed by atoms with Gasteiger partial charge in [0.1, 0.15) is 16.5 Å². The first-order valence-corrected chi connectivity index (χ1v) is 8.32. The summed E-state index contributed by atoms with van der Waals surface area (Å²) in [6, 6.07) is 6.36. The highest BCUT2D eigenvalue weighted by Crippen LogP contribution is 2.33. The number of carbonyl (C=O) groups excluding carboxylic acids is 1. The lowest BCUT2D eigenvalue weighted by molar-refractivity contribution is 0.0343. The number of nitrogens with two attached hydrogens (primary N) is 1. The lowest BCUT2D eigenvalue weighted by atomic mass is 9.82. The van der Waals surface area contributed by atoms with Crippen LogP contribution in [0.15, 0.2) is 29.6 Å². The number of halogens is 1. The molecule has 0 saturated carbocycles. The van der Waals surface area contributed by atoms with Gasteiger partial charge in [0, 0.05) is 25.1 Å². The lowest BCUT2D eigenvalue weighted by Gasteiger charge is -2.38. The van der Waals surface area contributed by atoms with E-state index in [1.165, 1.54) is 23.5 Å². The van der Waals surface area contributed by atoms with Gasteiger partial charge in [-0.2, -0.15) is 0 Å². The maximum Gasteiger partial charge on any atom is 0.271 e. The van der Waals surface area contributed by atoms with Crippen LogP contribution < -0.4 is 11.1 Å². The number of rotatable bonds is 4. The number of ether oxygens (including phenoxy) is 1. The smallest absolute Gasteiger partial charge is 0.271 e. The number of benzene rings is 1. The van der Waals surface area contributed by atoms with E-state index >= 15 is 0 Å². The summed E-state index contributed by atoms with van der Waals surface area (Å²) in [4.78, 5) is 16.8. The van der Waals surface area contributed by atoms with E-state index in [0.29, 0.717) is 43.3 Å². The molecule has 3 rings (SSSR count). The van der Waals surface area contributed by atoms with Gasteiger partial charge in [-0.3, -0.25) is 4.79 Å². The first-order chi connectivity index (χ1) is 11.1. The highest BCUT2D eigenvalue weighted by Gasteiger charge is 2.36. The summed E-state index contributed by atoms with van der Waals surface area (Å²) in [5, 5.41) is 5.45. The Hall–Kier alpha value is -1.83. The number of nitrogens with zero attached hydrogens (tertiary/aromatic N) is 1. The fourth-order valence-corrected chi connectivity index (χ4v) is 3.44. The molecule has 0 bridgehead atoms. The fourth-order valence-electron chi connectivity index (χ4n) is 2.78. The minimum atomic E-state index is -0.635. The molecule has 0 radical (unpaired) electrons. The molecule has 5 nitrogen and oxygen atoms in total. The standard InChI is InChI=1S/C16H18FN3O2S/c17-12-3-1-2-11(8-12)16(4-6-22-7-5-16)20-15(21)13-10-23-14(9-18)19-13/h1-3,8,10H,4-7,9,18H2,(H,20,21). The first kappa shape index (κ1) is 16.0. The van der Waals surface area contributed by atoms with Gasteiger partial charge in [0.15, 0.2) is 0 Å². The molecule has 1 saturated heterocycles. The molecule has 2 heterocycles. The Morgan fingerprint density at radius 2 is 2.22 bits per heavy atom. The van der Waals surface area contributed by atoms with Crippen LogP contribution in [-0.2, 0) is 16.8 Å². The third-order valence-corrected chi connectivity index (χ3v) is 4.91. The van der Waals surface area contributed by atoms with Gasteiger partial charge in [-0.1, -0.05) is 12.1 Å². The van der Waals surface area contributed by atoms with Crippen LogP contribution in [-0.4, -0.2) is 24.1 Å². The highest BCUT2D eigenvalue weighted by atomic mass is 32.1. The molecule has 1 aromatic carbocycles. The SMILES string of the molecule is NCc1nc(C(=O)NC2(c3cccc(F)c3)CCOCC2)cs1. The molecule has 1 aliphatic heterocycles. The van der Waals surface area contributed by atoms with Crippen molar-refractivity contribution in [3.63, 3.8) is 0 Å². The maximum absolute atomic E-state index is 13.6. The van der Waals surface area contributed by atoms with E-state index in [4.69, 9.17) is 10.5 Å². The molecule has 0 unspecified atom stereocenters. The van der Waals surface area contributed by atoms with Crippen LogP contribution >= 0.6 is 11.3 Å². The Labute approximate surface area is 137 Å². The van der Waals surface area contributed by atoms with Crippen molar-refractivity contribution in [3.8, 4) is 0 Å². The normalized spacial score (nSPS) is 17.0. The number of hydrogen-bond donors (Lipinski definition) is 2. The third kappa shape index (κ3) is 3.41. The molecule has 1 fully saturated rings. The fraction of sp³-hybridized carbons (Fsp3) is 0.375. The number of amides is 1. The minimum absolute atomic E-state index is 0.271. The van der Waals surface area contributed by atoms with E-state index in [1.807, 2.05) is 6.07 Å². The first-order valence-electron chi connectivity index (χ1n) is 7.44. The predicted octanol–water partition coefficient (Wildman–Crippen LogP) is 2.18. The zero-order valence-electron chi connectivity index (χ0n) is 12.5. The average molecular weight is 335 g/mol. The molecule has 1 amide bonds. The van der Waals surface area contributed by atoms with Crippen molar-refractivity contribution in [1.82, 2.24) is 10.3 Å². The van der Waals surface area contributed by atoms with E-state index in [1.54, 1.807) is 11.4 Å². The summed E-state index contributed by atoms with van der Waals surface area (Å²) in [7, 11) is 0. The predicted molar refractivity (Wildman–Crippen MR) is 85.6 cm³/mol. The molecule has 1 aliphatic rings. The molecule has 122 valence electrons. The molecule has 0 aliphatic carbocycles. The van der Waals surface area contributed by atoms with Gasteiger partial charge in [0.05, 0.1) is 5.54 Å². The third-order valence-electron chi connectivity index (χ3n) is 4.04. The second kappa shape index (κ2) is 6.74. The zero-order valence-corrected chi connectivity index (χ0v) is 13.4. The monoisotopic (exact) mass is 335 g/mol. The van der Waals surface area contributed by atoms with Crippen LogP contribution in [0.3, 0.4) is 0 Å². The van der Waals surface area contributed by atoms with Crippen LogP contribution in [0, 0.1) is 5.82 Å². The number of hydrogen-bond acceptors (Lipinski definition) is 5. The second-order valence-electron chi connectivity index (χ2n) is 5.49. The average Bonchev–Trinajstić information content (AvgIpc) is 3.05. The van der Waals surface area contributed by atoms with Crippen molar-refractivity contribution in [2.45, 2.75) is 24.9 Å². The van der Waals surface area contributed by atoms with E-state index in [-0.39, 0.29) is 11.7 Å². The highest BCUT2D eigenvalue weighted by molar-refractivity contribution is 7.09. The topological polar surface area (TPSA) is 77.2 Å². The summed E-state index contributed by atoms with van der Waals surface area (Å²) < 4.78 is 19.0. The second-order valence-corrected chi connectivity index (χ2v) is 6.43. The van der Waals surface area contributed by atoms with Gasteiger partial charge >= 0.3 is 0 Å². The van der Waals surface area contributed by atoms with Gasteiger partial charge in [-0.05, 0) is 30.5 Å². The van der Waals surface area contributed by atoms with E-state index in [2.05, 4.69) is 10.3 Å². The van der Waals surface area contributed by atoms with Crippen LogP contribution in [0.5, 0.6) is 0 Å². The molecule has 7 heteroatoms. The number of carbonyl (C=O) groups is 1. The summed E-state index contributed by atoms with van der Waals surface area (Å²) >= 11 is 1.36. The van der Waals surface area contributed by atoms with Gasteiger partial charge in [-0.25, -0.2) is 9.37 Å². The molecule has 0 spiro atoms. The molecule has 0 atom stereocenters. The number of aromatic nitrogens is 1. The number of nitrogens with one attached hydrogen (secondary N) is 1. The van der Waals surface area contributed by atoms with Gasteiger partial charge < -0.3 is 15.8 Å². The quantitative estimate of drug-likeness (QED) is 0.898. The van der Waals surface area contributed by atoms with E-state index in [9.17, 15) is 9.18 Å². The van der Waals surface area contributed by atoms with Crippen molar-refractivity contribution in [2.24, 2.45) is 5.73 Å². The molecular formula is C16H18FN3O2S. The van der Waals surface area contributed by atoms with E-state index in [0.717, 1.165) is 5.56 Å². The van der Waals surface area contributed by atoms with Crippen LogP contribution in [0.25, 0.3) is 0 Å². The van der Waals surface area contributed by atoms with Crippen molar-refractivity contribution < 1.29 is 13.9 Å². The molecule has 3 N–H and O–H groups in total. The summed E-state index contributed by atoms with van der Waals surface area (Å²) in [5.41, 5.74) is 6.00. The Kier molecular flexibility index (Phi) is 4.70. The largest absolute Gasteiger partial charge is 0.381 e. The van der Waals surface area contributed by atoms with Crippen LogP contribution in [0.2, 0.25) is 0 Å². The van der Waals surface area contributed by atoms with Crippen molar-refractivity contribution >= 4 is 17.2 Å². The molecule has 1 aromatic heterocycles. The Bertz CT molecular complexity index is 698. The van der Waals surface area contributed by atoms with Crippen LogP contribution in [0.1, 0.15) is 33.9 Å². The van der Waals surface area contributed by atoms with Gasteiger partial charge in [-0.15, -0.1) is 11.3 Å². The summed E-state index contributed by atoms with van der Waals surface area (Å²) in [5.74, 6) is -0.589. The lowest BCUT2D eigenvalue weighted by Crippen LogP contribution is -2.49. The minimum Gasteiger partial charge on any atom is -0.381 e. The summed E-state index contributed by atoms with van der Waals surface area (Å²) in [6.07, 6.45) is 1.19. The Morgan fingerprint density at radius 1 is 1.43 bits per heavy atom. The molecule has 23 heavy (non-hydrogen) atoms.